The second kappa shape index (κ2) is 18.0. The highest BCUT2D eigenvalue weighted by Crippen LogP contribution is 2.59. The summed E-state index contributed by atoms with van der Waals surface area (Å²) in [5, 5.41) is 0.0849. The van der Waals surface area contributed by atoms with Crippen LogP contribution in [0.2, 0.25) is 10.6 Å². The van der Waals surface area contributed by atoms with E-state index in [4.69, 9.17) is 18.9 Å². The quantitative estimate of drug-likeness (QED) is 0.0825. The summed E-state index contributed by atoms with van der Waals surface area (Å²) < 4.78 is 27.0. The first-order valence-corrected chi connectivity index (χ1v) is 24.1. The number of hydrogen-bond donors (Lipinski definition) is 0. The Bertz CT molecular complexity index is 1920. The highest BCUT2D eigenvalue weighted by Gasteiger charge is 2.52. The smallest absolute Gasteiger partial charge is 0.173 e. The molecule has 4 nitrogen and oxygen atoms in total. The molecule has 6 heteroatoms. The van der Waals surface area contributed by atoms with Crippen molar-refractivity contribution in [1.29, 1.82) is 0 Å². The Kier molecular flexibility index (Phi) is 13.4. The Balaban J connectivity index is 1.38. The van der Waals surface area contributed by atoms with Gasteiger partial charge in [0.25, 0.3) is 0 Å². The standard InChI is InChI=1S/C55H76B2O4/c1-13-17-19-37(15-3)35-58-43-27-23-41(24-28-43)55(42-25-29-44(30-26-42)59-36-38(16-4)20-18-14-2)47-33-39(49-56-51(5,6)53(9,10)60-49)21-31-45(47)46-32-22-40(34-48(46)55)50-57-52(7,8)54(11,12)61-50/h21-34,37-38,49-50,56-57H,13-20,35-36H2,1-12H3. The SMILES string of the molecule is CCCCC(CC)COc1ccc(C2(c3ccc(OCC(CC)CCCC)cc3)c3cc(C4BC(C)(C)C(C)(C)O4)ccc3-c3ccc(C4BC(C)(C)C(C)(C)O4)cc32)cc1. The monoisotopic (exact) mass is 823 g/mol. The van der Waals surface area contributed by atoms with Crippen molar-refractivity contribution in [3.8, 4) is 22.6 Å². The van der Waals surface area contributed by atoms with E-state index >= 15 is 0 Å². The minimum Gasteiger partial charge on any atom is -0.493 e. The fourth-order valence-corrected chi connectivity index (χ4v) is 10.3. The van der Waals surface area contributed by atoms with Crippen LogP contribution < -0.4 is 9.47 Å². The fourth-order valence-electron chi connectivity index (χ4n) is 10.3. The van der Waals surface area contributed by atoms with E-state index in [2.05, 4.69) is 168 Å². The average molecular weight is 823 g/mol. The van der Waals surface area contributed by atoms with E-state index in [9.17, 15) is 0 Å². The topological polar surface area (TPSA) is 36.9 Å². The largest absolute Gasteiger partial charge is 0.493 e. The summed E-state index contributed by atoms with van der Waals surface area (Å²) >= 11 is 0. The van der Waals surface area contributed by atoms with Crippen molar-refractivity contribution in [2.75, 3.05) is 13.2 Å². The van der Waals surface area contributed by atoms with Crippen LogP contribution in [0.1, 0.15) is 180 Å². The molecule has 3 aliphatic rings. The van der Waals surface area contributed by atoms with Gasteiger partial charge in [-0.05, 0) is 132 Å². The lowest BCUT2D eigenvalue weighted by Crippen LogP contribution is -2.31. The van der Waals surface area contributed by atoms with E-state index in [0.717, 1.165) is 52.1 Å². The van der Waals surface area contributed by atoms with Crippen LogP contribution in [0.25, 0.3) is 11.1 Å². The van der Waals surface area contributed by atoms with Gasteiger partial charge in [0.05, 0.1) is 41.8 Å². The van der Waals surface area contributed by atoms with Crippen LogP contribution in [-0.4, -0.2) is 39.0 Å². The summed E-state index contributed by atoms with van der Waals surface area (Å²) in [5.74, 6) is 2.99. The van der Waals surface area contributed by atoms with Crippen molar-refractivity contribution in [1.82, 2.24) is 0 Å². The first-order valence-electron chi connectivity index (χ1n) is 24.1. The van der Waals surface area contributed by atoms with Gasteiger partial charge in [0.15, 0.2) is 14.6 Å². The zero-order valence-electron chi connectivity index (χ0n) is 40.0. The predicted octanol–water partition coefficient (Wildman–Crippen LogP) is 14.1. The van der Waals surface area contributed by atoms with Crippen LogP contribution in [0.5, 0.6) is 11.5 Å². The second-order valence-electron chi connectivity index (χ2n) is 21.3. The number of benzene rings is 4. The third-order valence-electron chi connectivity index (χ3n) is 16.1. The molecule has 326 valence electrons. The van der Waals surface area contributed by atoms with Gasteiger partial charge in [-0.1, -0.05) is 155 Å². The molecule has 2 heterocycles. The van der Waals surface area contributed by atoms with Gasteiger partial charge >= 0.3 is 0 Å². The van der Waals surface area contributed by atoms with Gasteiger partial charge in [0.2, 0.25) is 0 Å². The van der Waals surface area contributed by atoms with Gasteiger partial charge in [-0.25, -0.2) is 0 Å². The molecule has 4 atom stereocenters. The normalized spacial score (nSPS) is 23.7. The zero-order chi connectivity index (χ0) is 43.8. The van der Waals surface area contributed by atoms with Crippen molar-refractivity contribution in [2.24, 2.45) is 11.8 Å². The van der Waals surface area contributed by atoms with Crippen LogP contribution in [-0.2, 0) is 14.9 Å². The number of unbranched alkanes of at least 4 members (excludes halogenated alkanes) is 2. The molecule has 4 unspecified atom stereocenters. The van der Waals surface area contributed by atoms with Gasteiger partial charge in [-0.3, -0.25) is 0 Å². The molecule has 0 spiro atoms. The first-order chi connectivity index (χ1) is 29.0. The molecule has 2 aliphatic heterocycles. The van der Waals surface area contributed by atoms with Gasteiger partial charge < -0.3 is 18.9 Å². The fraction of sp³-hybridized carbons (Fsp3) is 0.564. The minimum absolute atomic E-state index is 0.00798. The Morgan fingerprint density at radius 2 is 0.902 bits per heavy atom. The maximum atomic E-state index is 6.93. The Morgan fingerprint density at radius 3 is 1.21 bits per heavy atom. The lowest BCUT2D eigenvalue weighted by molar-refractivity contribution is -0.0344. The summed E-state index contributed by atoms with van der Waals surface area (Å²) in [7, 11) is 1.94. The van der Waals surface area contributed by atoms with Gasteiger partial charge in [0.1, 0.15) is 11.5 Å². The highest BCUT2D eigenvalue weighted by atomic mass is 16.5. The van der Waals surface area contributed by atoms with Gasteiger partial charge in [-0.15, -0.1) is 0 Å². The number of rotatable bonds is 18. The molecule has 0 radical (unpaired) electrons. The van der Waals surface area contributed by atoms with Crippen molar-refractivity contribution >= 4 is 14.6 Å². The molecule has 2 saturated heterocycles. The molecule has 0 aromatic heterocycles. The third-order valence-corrected chi connectivity index (χ3v) is 16.1. The first kappa shape index (κ1) is 45.6. The predicted molar refractivity (Wildman–Crippen MR) is 260 cm³/mol. The maximum absolute atomic E-state index is 6.93. The molecule has 4 aromatic carbocycles. The molecular formula is C55H76B2O4. The van der Waals surface area contributed by atoms with Gasteiger partial charge in [-0.2, -0.15) is 0 Å². The number of ether oxygens (including phenoxy) is 4. The Hall–Kier alpha value is -3.47. The number of fused-ring (bicyclic) bond motifs is 3. The molecule has 0 saturated carbocycles. The van der Waals surface area contributed by atoms with Crippen molar-refractivity contribution < 1.29 is 18.9 Å². The van der Waals surface area contributed by atoms with E-state index in [1.807, 2.05) is 0 Å². The van der Waals surface area contributed by atoms with E-state index in [-0.39, 0.29) is 33.8 Å². The maximum Gasteiger partial charge on any atom is 0.173 e. The molecule has 0 amide bonds. The van der Waals surface area contributed by atoms with Crippen LogP contribution in [0, 0.1) is 11.8 Å². The van der Waals surface area contributed by atoms with Crippen LogP contribution in [0.4, 0.5) is 0 Å². The molecule has 0 bridgehead atoms. The lowest BCUT2D eigenvalue weighted by Gasteiger charge is -2.35. The van der Waals surface area contributed by atoms with Crippen LogP contribution >= 0.6 is 0 Å². The highest BCUT2D eigenvalue weighted by molar-refractivity contribution is 6.43. The number of hydrogen-bond acceptors (Lipinski definition) is 4. The average Bonchev–Trinajstić information content (AvgIpc) is 3.75. The summed E-state index contributed by atoms with van der Waals surface area (Å²) in [6.07, 6.45) is 9.62. The van der Waals surface area contributed by atoms with E-state index in [1.165, 1.54) is 83.0 Å². The molecule has 2 fully saturated rings. The van der Waals surface area contributed by atoms with Crippen molar-refractivity contribution in [3.63, 3.8) is 0 Å². The van der Waals surface area contributed by atoms with E-state index in [1.54, 1.807) is 0 Å². The summed E-state index contributed by atoms with van der Waals surface area (Å²) in [6.45, 7) is 29.0. The van der Waals surface area contributed by atoms with E-state index < -0.39 is 5.41 Å². The van der Waals surface area contributed by atoms with Crippen LogP contribution in [0.3, 0.4) is 0 Å². The molecule has 0 N–H and O–H groups in total. The molecule has 1 aliphatic carbocycles. The lowest BCUT2D eigenvalue weighted by atomic mass is 9.47. The van der Waals surface area contributed by atoms with Crippen LogP contribution in [0.15, 0.2) is 84.9 Å². The summed E-state index contributed by atoms with van der Waals surface area (Å²) in [5.41, 5.74) is 9.02. The molecule has 61 heavy (non-hydrogen) atoms. The minimum atomic E-state index is -0.610. The molecule has 4 aromatic rings. The third kappa shape index (κ3) is 8.76. The Labute approximate surface area is 371 Å². The summed E-state index contributed by atoms with van der Waals surface area (Å²) in [6, 6.07) is 32.6. The van der Waals surface area contributed by atoms with Crippen molar-refractivity contribution in [3.05, 3.63) is 118 Å². The Morgan fingerprint density at radius 1 is 0.525 bits per heavy atom. The second-order valence-corrected chi connectivity index (χ2v) is 21.3. The van der Waals surface area contributed by atoms with E-state index in [0.29, 0.717) is 11.8 Å². The molecular weight excluding hydrogens is 746 g/mol. The van der Waals surface area contributed by atoms with Gasteiger partial charge in [0, 0.05) is 0 Å². The van der Waals surface area contributed by atoms with Crippen molar-refractivity contribution in [2.45, 2.75) is 174 Å². The zero-order valence-corrected chi connectivity index (χ0v) is 40.0. The molecule has 7 rings (SSSR count). The summed E-state index contributed by atoms with van der Waals surface area (Å²) in [4.78, 5) is 0.